The van der Waals surface area contributed by atoms with Crippen molar-refractivity contribution in [3.05, 3.63) is 22.3 Å². The number of hydrogen-bond donors (Lipinski definition) is 0. The van der Waals surface area contributed by atoms with Crippen LogP contribution in [-0.4, -0.2) is 23.2 Å². The Kier molecular flexibility index (Phi) is 3.84. The summed E-state index contributed by atoms with van der Waals surface area (Å²) in [7, 11) is 0. The maximum absolute atomic E-state index is 12.4. The number of carbonyl (C=O) groups excluding carboxylic acids is 1. The predicted molar refractivity (Wildman–Crippen MR) is 83.0 cm³/mol. The molecule has 1 aliphatic rings. The fourth-order valence-corrected chi connectivity index (χ4v) is 2.77. The fraction of sp³-hybridized carbons (Fsp3) is 0.600. The van der Waals surface area contributed by atoms with E-state index in [2.05, 4.69) is 34.8 Å². The lowest BCUT2D eigenvalue weighted by Gasteiger charge is -2.38. The standard InChI is InChI=1S/C15H21BrN2O2/c1-14(2,3)20-13(19)18-9-15(4,5)7-10-6-11(16)8-17-12(10)18/h6,8H,7,9H2,1-5H3. The summed E-state index contributed by atoms with van der Waals surface area (Å²) in [4.78, 5) is 18.4. The van der Waals surface area contributed by atoms with E-state index in [0.717, 1.165) is 16.5 Å². The maximum Gasteiger partial charge on any atom is 0.416 e. The van der Waals surface area contributed by atoms with Crippen molar-refractivity contribution in [3.63, 3.8) is 0 Å². The highest BCUT2D eigenvalue weighted by molar-refractivity contribution is 9.10. The van der Waals surface area contributed by atoms with Crippen molar-refractivity contribution in [2.45, 2.75) is 46.6 Å². The molecule has 0 atom stereocenters. The van der Waals surface area contributed by atoms with Gasteiger partial charge in [-0.05, 0) is 60.2 Å². The van der Waals surface area contributed by atoms with Crippen LogP contribution in [0.25, 0.3) is 0 Å². The van der Waals surface area contributed by atoms with E-state index in [1.807, 2.05) is 26.8 Å². The minimum atomic E-state index is -0.506. The van der Waals surface area contributed by atoms with Crippen molar-refractivity contribution in [2.75, 3.05) is 11.4 Å². The maximum atomic E-state index is 12.4. The highest BCUT2D eigenvalue weighted by Gasteiger charge is 2.36. The first kappa shape index (κ1) is 15.3. The molecule has 110 valence electrons. The molecule has 1 aromatic heterocycles. The summed E-state index contributed by atoms with van der Waals surface area (Å²) in [5.74, 6) is 0.710. The fourth-order valence-electron chi connectivity index (χ4n) is 2.39. The number of halogens is 1. The molecule has 1 aromatic rings. The molecular formula is C15H21BrN2O2. The SMILES string of the molecule is CC1(C)Cc2cc(Br)cnc2N(C(=O)OC(C)(C)C)C1. The van der Waals surface area contributed by atoms with Crippen LogP contribution in [0.5, 0.6) is 0 Å². The molecular weight excluding hydrogens is 320 g/mol. The van der Waals surface area contributed by atoms with Crippen molar-refractivity contribution in [1.29, 1.82) is 0 Å². The van der Waals surface area contributed by atoms with E-state index in [1.54, 1.807) is 11.1 Å². The lowest BCUT2D eigenvalue weighted by Crippen LogP contribution is -2.46. The van der Waals surface area contributed by atoms with E-state index >= 15 is 0 Å². The number of fused-ring (bicyclic) bond motifs is 1. The molecule has 0 N–H and O–H groups in total. The van der Waals surface area contributed by atoms with Crippen LogP contribution in [0.2, 0.25) is 0 Å². The van der Waals surface area contributed by atoms with E-state index in [0.29, 0.717) is 12.4 Å². The lowest BCUT2D eigenvalue weighted by atomic mass is 9.82. The number of amides is 1. The molecule has 0 aromatic carbocycles. The molecule has 1 aliphatic heterocycles. The number of rotatable bonds is 0. The zero-order valence-electron chi connectivity index (χ0n) is 12.7. The summed E-state index contributed by atoms with van der Waals surface area (Å²) >= 11 is 3.44. The van der Waals surface area contributed by atoms with Crippen LogP contribution in [0.3, 0.4) is 0 Å². The van der Waals surface area contributed by atoms with Crippen molar-refractivity contribution >= 4 is 27.8 Å². The summed E-state index contributed by atoms with van der Waals surface area (Å²) in [5.41, 5.74) is 0.571. The van der Waals surface area contributed by atoms with Gasteiger partial charge in [0.05, 0.1) is 0 Å². The molecule has 0 saturated heterocycles. The van der Waals surface area contributed by atoms with Gasteiger partial charge in [0.25, 0.3) is 0 Å². The van der Waals surface area contributed by atoms with Crippen LogP contribution in [0.1, 0.15) is 40.2 Å². The first-order valence-corrected chi connectivity index (χ1v) is 7.52. The number of hydrogen-bond acceptors (Lipinski definition) is 3. The normalized spacial score (nSPS) is 17.6. The number of aromatic nitrogens is 1. The van der Waals surface area contributed by atoms with Gasteiger partial charge in [0.1, 0.15) is 11.4 Å². The monoisotopic (exact) mass is 340 g/mol. The second-order valence-electron chi connectivity index (χ2n) is 7.04. The van der Waals surface area contributed by atoms with Crippen molar-refractivity contribution < 1.29 is 9.53 Å². The summed E-state index contributed by atoms with van der Waals surface area (Å²) in [6.45, 7) is 10.5. The molecule has 2 heterocycles. The van der Waals surface area contributed by atoms with Gasteiger partial charge < -0.3 is 4.74 Å². The third kappa shape index (κ3) is 3.51. The Morgan fingerprint density at radius 1 is 1.45 bits per heavy atom. The van der Waals surface area contributed by atoms with Gasteiger partial charge in [-0.15, -0.1) is 0 Å². The lowest BCUT2D eigenvalue weighted by molar-refractivity contribution is 0.0559. The summed E-state index contributed by atoms with van der Waals surface area (Å²) in [6.07, 6.45) is 2.28. The molecule has 0 unspecified atom stereocenters. The second-order valence-corrected chi connectivity index (χ2v) is 7.96. The van der Waals surface area contributed by atoms with E-state index < -0.39 is 5.60 Å². The number of pyridine rings is 1. The number of carbonyl (C=O) groups is 1. The molecule has 2 rings (SSSR count). The number of anilines is 1. The van der Waals surface area contributed by atoms with Gasteiger partial charge in [0, 0.05) is 17.2 Å². The first-order valence-electron chi connectivity index (χ1n) is 6.72. The average molecular weight is 341 g/mol. The van der Waals surface area contributed by atoms with Crippen LogP contribution in [-0.2, 0) is 11.2 Å². The quantitative estimate of drug-likeness (QED) is 0.711. The highest BCUT2D eigenvalue weighted by Crippen LogP contribution is 2.36. The van der Waals surface area contributed by atoms with Crippen LogP contribution in [0, 0.1) is 5.41 Å². The van der Waals surface area contributed by atoms with Crippen LogP contribution in [0.4, 0.5) is 10.6 Å². The molecule has 0 aliphatic carbocycles. The molecule has 0 fully saturated rings. The number of nitrogens with zero attached hydrogens (tertiary/aromatic N) is 2. The smallest absolute Gasteiger partial charge is 0.416 e. The Bertz CT molecular complexity index is 535. The van der Waals surface area contributed by atoms with E-state index in [1.165, 1.54) is 0 Å². The van der Waals surface area contributed by atoms with E-state index in [4.69, 9.17) is 4.74 Å². The molecule has 20 heavy (non-hydrogen) atoms. The van der Waals surface area contributed by atoms with Gasteiger partial charge in [-0.3, -0.25) is 4.90 Å². The van der Waals surface area contributed by atoms with Gasteiger partial charge in [0.2, 0.25) is 0 Å². The Balaban J connectivity index is 2.37. The highest BCUT2D eigenvalue weighted by atomic mass is 79.9. The summed E-state index contributed by atoms with van der Waals surface area (Å²) in [5, 5.41) is 0. The van der Waals surface area contributed by atoms with Crippen LogP contribution >= 0.6 is 15.9 Å². The Hall–Kier alpha value is -1.10. The topological polar surface area (TPSA) is 42.4 Å². The minimum Gasteiger partial charge on any atom is -0.443 e. The van der Waals surface area contributed by atoms with Crippen molar-refractivity contribution in [2.24, 2.45) is 5.41 Å². The van der Waals surface area contributed by atoms with Gasteiger partial charge in [0.15, 0.2) is 0 Å². The minimum absolute atomic E-state index is 0.00633. The van der Waals surface area contributed by atoms with Gasteiger partial charge >= 0.3 is 6.09 Å². The molecule has 5 heteroatoms. The average Bonchev–Trinajstić information content (AvgIpc) is 2.23. The zero-order valence-corrected chi connectivity index (χ0v) is 14.2. The first-order chi connectivity index (χ1) is 9.07. The molecule has 0 saturated carbocycles. The molecule has 4 nitrogen and oxygen atoms in total. The third-order valence-electron chi connectivity index (χ3n) is 3.03. The van der Waals surface area contributed by atoms with Crippen LogP contribution < -0.4 is 4.90 Å². The Labute approximate surface area is 128 Å². The van der Waals surface area contributed by atoms with Gasteiger partial charge in [-0.2, -0.15) is 0 Å². The van der Waals surface area contributed by atoms with E-state index in [9.17, 15) is 4.79 Å². The zero-order chi connectivity index (χ0) is 15.1. The Morgan fingerprint density at radius 2 is 2.10 bits per heavy atom. The largest absolute Gasteiger partial charge is 0.443 e. The van der Waals surface area contributed by atoms with E-state index in [-0.39, 0.29) is 11.5 Å². The van der Waals surface area contributed by atoms with Crippen molar-refractivity contribution in [3.8, 4) is 0 Å². The molecule has 0 bridgehead atoms. The van der Waals surface area contributed by atoms with Gasteiger partial charge in [-0.25, -0.2) is 9.78 Å². The van der Waals surface area contributed by atoms with Crippen LogP contribution in [0.15, 0.2) is 16.7 Å². The molecule has 1 amide bonds. The molecule has 0 spiro atoms. The third-order valence-corrected chi connectivity index (χ3v) is 3.47. The summed E-state index contributed by atoms with van der Waals surface area (Å²) in [6, 6.07) is 2.03. The van der Waals surface area contributed by atoms with Crippen molar-refractivity contribution in [1.82, 2.24) is 4.98 Å². The second kappa shape index (κ2) is 5.02. The number of ether oxygens (including phenoxy) is 1. The summed E-state index contributed by atoms with van der Waals surface area (Å²) < 4.78 is 6.42. The van der Waals surface area contributed by atoms with Gasteiger partial charge in [-0.1, -0.05) is 13.8 Å². The Morgan fingerprint density at radius 3 is 2.70 bits per heavy atom. The predicted octanol–water partition coefficient (Wildman–Crippen LogP) is 4.17. The molecule has 0 radical (unpaired) electrons.